The summed E-state index contributed by atoms with van der Waals surface area (Å²) < 4.78 is 7.29. The van der Waals surface area contributed by atoms with E-state index in [2.05, 4.69) is 15.5 Å². The van der Waals surface area contributed by atoms with E-state index in [4.69, 9.17) is 10.5 Å². The number of aromatic nitrogens is 4. The third-order valence-corrected chi connectivity index (χ3v) is 2.66. The molecule has 0 aliphatic carbocycles. The molecule has 0 radical (unpaired) electrons. The van der Waals surface area contributed by atoms with Crippen LogP contribution in [-0.2, 0) is 11.3 Å². The number of rotatable bonds is 4. The topological polar surface area (TPSA) is 78.9 Å². The van der Waals surface area contributed by atoms with Gasteiger partial charge in [-0.15, -0.1) is 5.10 Å². The standard InChI is InChI=1S/C9H17N5O/c10-4-2-5-14-9(11-12-13-14)8-3-1-6-15-7-8/h8H,1-7,10H2. The summed E-state index contributed by atoms with van der Waals surface area (Å²) in [6.07, 6.45) is 3.11. The highest BCUT2D eigenvalue weighted by Crippen LogP contribution is 2.22. The summed E-state index contributed by atoms with van der Waals surface area (Å²) in [5, 5.41) is 11.8. The smallest absolute Gasteiger partial charge is 0.156 e. The molecule has 84 valence electrons. The molecule has 15 heavy (non-hydrogen) atoms. The molecule has 1 aromatic heterocycles. The lowest BCUT2D eigenvalue weighted by atomic mass is 10.0. The average Bonchev–Trinajstić information content (AvgIpc) is 2.75. The molecule has 2 heterocycles. The lowest BCUT2D eigenvalue weighted by molar-refractivity contribution is 0.0766. The molecule has 0 aromatic carbocycles. The number of hydrogen-bond acceptors (Lipinski definition) is 5. The predicted octanol–water partition coefficient (Wildman–Crippen LogP) is -0.0841. The van der Waals surface area contributed by atoms with Gasteiger partial charge in [0.25, 0.3) is 0 Å². The highest BCUT2D eigenvalue weighted by molar-refractivity contribution is 4.94. The minimum atomic E-state index is 0.353. The molecule has 0 spiro atoms. The van der Waals surface area contributed by atoms with Crippen LogP contribution in [0.1, 0.15) is 31.0 Å². The number of aryl methyl sites for hydroxylation is 1. The molecule has 0 saturated carbocycles. The summed E-state index contributed by atoms with van der Waals surface area (Å²) in [5.41, 5.74) is 5.47. The van der Waals surface area contributed by atoms with Crippen molar-refractivity contribution >= 4 is 0 Å². The Labute approximate surface area is 88.8 Å². The van der Waals surface area contributed by atoms with E-state index in [0.29, 0.717) is 12.5 Å². The van der Waals surface area contributed by atoms with Gasteiger partial charge in [-0.1, -0.05) is 0 Å². The summed E-state index contributed by atoms with van der Waals surface area (Å²) in [7, 11) is 0. The molecule has 1 unspecified atom stereocenters. The third-order valence-electron chi connectivity index (χ3n) is 2.66. The third kappa shape index (κ3) is 2.51. The van der Waals surface area contributed by atoms with E-state index in [1.165, 1.54) is 0 Å². The van der Waals surface area contributed by atoms with Crippen molar-refractivity contribution in [1.82, 2.24) is 20.2 Å². The Balaban J connectivity index is 2.02. The van der Waals surface area contributed by atoms with E-state index in [1.54, 1.807) is 0 Å². The second kappa shape index (κ2) is 5.18. The maximum absolute atomic E-state index is 5.47. The summed E-state index contributed by atoms with van der Waals surface area (Å²) in [4.78, 5) is 0. The van der Waals surface area contributed by atoms with E-state index in [9.17, 15) is 0 Å². The van der Waals surface area contributed by atoms with Crippen LogP contribution in [0.15, 0.2) is 0 Å². The van der Waals surface area contributed by atoms with Gasteiger partial charge in [-0.25, -0.2) is 4.68 Å². The molecule has 1 saturated heterocycles. The van der Waals surface area contributed by atoms with Crippen LogP contribution in [0.5, 0.6) is 0 Å². The molecule has 6 nitrogen and oxygen atoms in total. The van der Waals surface area contributed by atoms with Gasteiger partial charge < -0.3 is 10.5 Å². The van der Waals surface area contributed by atoms with Crippen molar-refractivity contribution in [2.75, 3.05) is 19.8 Å². The van der Waals surface area contributed by atoms with Crippen molar-refractivity contribution in [3.8, 4) is 0 Å². The van der Waals surface area contributed by atoms with E-state index in [1.807, 2.05) is 4.68 Å². The van der Waals surface area contributed by atoms with E-state index in [-0.39, 0.29) is 0 Å². The van der Waals surface area contributed by atoms with Crippen LogP contribution in [0.25, 0.3) is 0 Å². The Morgan fingerprint density at radius 3 is 3.20 bits per heavy atom. The Morgan fingerprint density at radius 2 is 2.47 bits per heavy atom. The van der Waals surface area contributed by atoms with E-state index >= 15 is 0 Å². The normalized spacial score (nSPS) is 21.8. The number of tetrazole rings is 1. The van der Waals surface area contributed by atoms with Crippen LogP contribution in [0.4, 0.5) is 0 Å². The Morgan fingerprint density at radius 1 is 1.53 bits per heavy atom. The molecule has 2 rings (SSSR count). The second-order valence-electron chi connectivity index (χ2n) is 3.82. The fraction of sp³-hybridized carbons (Fsp3) is 0.889. The van der Waals surface area contributed by atoms with Crippen LogP contribution in [0.3, 0.4) is 0 Å². The minimum Gasteiger partial charge on any atom is -0.381 e. The minimum absolute atomic E-state index is 0.353. The zero-order valence-electron chi connectivity index (χ0n) is 8.80. The molecule has 0 amide bonds. The zero-order valence-corrected chi connectivity index (χ0v) is 8.80. The SMILES string of the molecule is NCCCn1nnnc1C1CCCOC1. The first kappa shape index (κ1) is 10.5. The fourth-order valence-corrected chi connectivity index (χ4v) is 1.85. The largest absolute Gasteiger partial charge is 0.381 e. The summed E-state index contributed by atoms with van der Waals surface area (Å²) in [5.74, 6) is 1.30. The molecule has 1 fully saturated rings. The summed E-state index contributed by atoms with van der Waals surface area (Å²) in [6.45, 7) is 3.07. The Kier molecular flexibility index (Phi) is 3.63. The monoisotopic (exact) mass is 211 g/mol. The first-order chi connectivity index (χ1) is 7.42. The van der Waals surface area contributed by atoms with Crippen LogP contribution < -0.4 is 5.73 Å². The van der Waals surface area contributed by atoms with Gasteiger partial charge >= 0.3 is 0 Å². The molecule has 2 N–H and O–H groups in total. The molecule has 1 atom stereocenters. The molecule has 1 aromatic rings. The van der Waals surface area contributed by atoms with E-state index in [0.717, 1.165) is 44.8 Å². The van der Waals surface area contributed by atoms with Gasteiger partial charge in [-0.05, 0) is 36.2 Å². The zero-order chi connectivity index (χ0) is 10.5. The molecule has 1 aliphatic heterocycles. The number of ether oxygens (including phenoxy) is 1. The van der Waals surface area contributed by atoms with Crippen LogP contribution in [0.2, 0.25) is 0 Å². The summed E-state index contributed by atoms with van der Waals surface area (Å²) >= 11 is 0. The quantitative estimate of drug-likeness (QED) is 0.753. The highest BCUT2D eigenvalue weighted by Gasteiger charge is 2.21. The van der Waals surface area contributed by atoms with Crippen LogP contribution >= 0.6 is 0 Å². The van der Waals surface area contributed by atoms with E-state index < -0.39 is 0 Å². The van der Waals surface area contributed by atoms with Gasteiger partial charge in [0, 0.05) is 19.1 Å². The van der Waals surface area contributed by atoms with Crippen molar-refractivity contribution in [2.45, 2.75) is 31.7 Å². The predicted molar refractivity (Wildman–Crippen MR) is 54.3 cm³/mol. The Bertz CT molecular complexity index is 294. The number of hydrogen-bond donors (Lipinski definition) is 1. The maximum atomic E-state index is 5.47. The van der Waals surface area contributed by atoms with Crippen LogP contribution in [0, 0.1) is 0 Å². The van der Waals surface area contributed by atoms with Gasteiger partial charge in [0.1, 0.15) is 0 Å². The first-order valence-electron chi connectivity index (χ1n) is 5.45. The first-order valence-corrected chi connectivity index (χ1v) is 5.45. The summed E-state index contributed by atoms with van der Waals surface area (Å²) in [6, 6.07) is 0. The van der Waals surface area contributed by atoms with Crippen LogP contribution in [-0.4, -0.2) is 40.0 Å². The number of nitrogens with zero attached hydrogens (tertiary/aromatic N) is 4. The fourth-order valence-electron chi connectivity index (χ4n) is 1.85. The van der Waals surface area contributed by atoms with Crippen molar-refractivity contribution in [1.29, 1.82) is 0 Å². The van der Waals surface area contributed by atoms with Crippen molar-refractivity contribution in [3.05, 3.63) is 5.82 Å². The highest BCUT2D eigenvalue weighted by atomic mass is 16.5. The molecular weight excluding hydrogens is 194 g/mol. The van der Waals surface area contributed by atoms with Gasteiger partial charge in [0.2, 0.25) is 0 Å². The Hall–Kier alpha value is -1.01. The molecule has 1 aliphatic rings. The van der Waals surface area contributed by atoms with Crippen molar-refractivity contribution < 1.29 is 4.74 Å². The van der Waals surface area contributed by atoms with Gasteiger partial charge in [0.05, 0.1) is 6.61 Å². The maximum Gasteiger partial charge on any atom is 0.156 e. The van der Waals surface area contributed by atoms with Gasteiger partial charge in [-0.3, -0.25) is 0 Å². The average molecular weight is 211 g/mol. The van der Waals surface area contributed by atoms with Gasteiger partial charge in [0.15, 0.2) is 5.82 Å². The number of nitrogens with two attached hydrogens (primary N) is 1. The molecule has 6 heteroatoms. The lowest BCUT2D eigenvalue weighted by Crippen LogP contribution is -2.20. The van der Waals surface area contributed by atoms with Crippen molar-refractivity contribution in [2.24, 2.45) is 5.73 Å². The van der Waals surface area contributed by atoms with Crippen molar-refractivity contribution in [3.63, 3.8) is 0 Å². The lowest BCUT2D eigenvalue weighted by Gasteiger charge is -2.20. The molecular formula is C9H17N5O. The second-order valence-corrected chi connectivity index (χ2v) is 3.82. The molecule has 0 bridgehead atoms. The van der Waals surface area contributed by atoms with Gasteiger partial charge in [-0.2, -0.15) is 0 Å².